The van der Waals surface area contributed by atoms with Crippen LogP contribution in [0.5, 0.6) is 0 Å². The third-order valence-corrected chi connectivity index (χ3v) is 3.97. The fourth-order valence-electron chi connectivity index (χ4n) is 2.42. The Morgan fingerprint density at radius 3 is 2.60 bits per heavy atom. The molecule has 1 saturated heterocycles. The van der Waals surface area contributed by atoms with Crippen LogP contribution in [0.3, 0.4) is 0 Å². The molecule has 3 heterocycles. The van der Waals surface area contributed by atoms with Crippen molar-refractivity contribution in [1.82, 2.24) is 13.7 Å². The molecule has 0 radical (unpaired) electrons. The van der Waals surface area contributed by atoms with Crippen LogP contribution in [0.15, 0.2) is 34.9 Å². The number of fused-ring (bicyclic) bond motifs is 1. The van der Waals surface area contributed by atoms with Crippen molar-refractivity contribution in [2.45, 2.75) is 0 Å². The maximum Gasteiger partial charge on any atom is 0.298 e. The molecule has 0 unspecified atom stereocenters. The summed E-state index contributed by atoms with van der Waals surface area (Å²) >= 11 is 1.25. The fourth-order valence-corrected chi connectivity index (χ4v) is 2.86. The van der Waals surface area contributed by atoms with Gasteiger partial charge in [0.25, 0.3) is 6.01 Å². The van der Waals surface area contributed by atoms with E-state index in [0.717, 1.165) is 43.1 Å². The summed E-state index contributed by atoms with van der Waals surface area (Å²) < 4.78 is 14.1. The SMILES string of the molecule is c1ccc2oc(N3CCN(c4cnsn4)CC3)nc2c1. The van der Waals surface area contributed by atoms with E-state index in [0.29, 0.717) is 6.01 Å². The lowest BCUT2D eigenvalue weighted by Crippen LogP contribution is -2.46. The quantitative estimate of drug-likeness (QED) is 0.718. The minimum atomic E-state index is 0.710. The summed E-state index contributed by atoms with van der Waals surface area (Å²) in [6.07, 6.45) is 1.82. The van der Waals surface area contributed by atoms with Gasteiger partial charge >= 0.3 is 0 Å². The molecule has 0 aliphatic carbocycles. The molecular weight excluding hydrogens is 274 g/mol. The summed E-state index contributed by atoms with van der Waals surface area (Å²) in [6.45, 7) is 3.57. The number of rotatable bonds is 2. The predicted molar refractivity (Wildman–Crippen MR) is 78.3 cm³/mol. The number of nitrogens with zero attached hydrogens (tertiary/aromatic N) is 5. The molecule has 0 bridgehead atoms. The molecule has 0 N–H and O–H groups in total. The van der Waals surface area contributed by atoms with Crippen LogP contribution in [0.4, 0.5) is 11.8 Å². The first-order valence-corrected chi connectivity index (χ1v) is 7.26. The van der Waals surface area contributed by atoms with E-state index in [1.165, 1.54) is 11.7 Å². The van der Waals surface area contributed by atoms with Crippen molar-refractivity contribution in [3.63, 3.8) is 0 Å². The second-order valence-corrected chi connectivity index (χ2v) is 5.26. The van der Waals surface area contributed by atoms with Gasteiger partial charge in [-0.05, 0) is 12.1 Å². The van der Waals surface area contributed by atoms with Gasteiger partial charge in [0.05, 0.1) is 17.9 Å². The second kappa shape index (κ2) is 4.75. The van der Waals surface area contributed by atoms with E-state index in [2.05, 4.69) is 23.5 Å². The smallest absolute Gasteiger partial charge is 0.298 e. The summed E-state index contributed by atoms with van der Waals surface area (Å²) in [5, 5.41) is 0. The normalized spacial score (nSPS) is 16.0. The molecule has 0 saturated carbocycles. The molecule has 20 heavy (non-hydrogen) atoms. The molecule has 6 nitrogen and oxygen atoms in total. The van der Waals surface area contributed by atoms with Gasteiger partial charge in [0.2, 0.25) is 0 Å². The first-order chi connectivity index (χ1) is 9.90. The van der Waals surface area contributed by atoms with Gasteiger partial charge in [-0.2, -0.15) is 13.7 Å². The molecule has 3 aromatic rings. The molecule has 1 aromatic carbocycles. The lowest BCUT2D eigenvalue weighted by atomic mass is 10.3. The number of anilines is 2. The molecule has 1 aliphatic rings. The fraction of sp³-hybridized carbons (Fsp3) is 0.308. The topological polar surface area (TPSA) is 58.3 Å². The van der Waals surface area contributed by atoms with Gasteiger partial charge in [-0.3, -0.25) is 0 Å². The van der Waals surface area contributed by atoms with E-state index >= 15 is 0 Å². The molecule has 102 valence electrons. The van der Waals surface area contributed by atoms with Gasteiger partial charge in [0.1, 0.15) is 5.52 Å². The van der Waals surface area contributed by atoms with Gasteiger partial charge in [0, 0.05) is 26.2 Å². The second-order valence-electron chi connectivity index (χ2n) is 4.70. The van der Waals surface area contributed by atoms with E-state index < -0.39 is 0 Å². The standard InChI is InChI=1S/C13H13N5OS/c1-2-4-11-10(3-1)15-13(19-11)18-7-5-17(6-8-18)12-9-14-20-16-12/h1-4,9H,5-8H2. The first kappa shape index (κ1) is 11.7. The molecule has 7 heteroatoms. The van der Waals surface area contributed by atoms with Crippen molar-refractivity contribution in [2.75, 3.05) is 36.0 Å². The van der Waals surface area contributed by atoms with Gasteiger partial charge in [-0.25, -0.2) is 0 Å². The number of piperazine rings is 1. The average molecular weight is 287 g/mol. The molecule has 4 rings (SSSR count). The Labute approximate surface area is 120 Å². The van der Waals surface area contributed by atoms with Crippen LogP contribution in [-0.4, -0.2) is 39.9 Å². The Balaban J connectivity index is 1.51. The Kier molecular flexibility index (Phi) is 2.77. The molecule has 0 atom stereocenters. The monoisotopic (exact) mass is 287 g/mol. The van der Waals surface area contributed by atoms with Crippen molar-refractivity contribution in [3.8, 4) is 0 Å². The van der Waals surface area contributed by atoms with Crippen molar-refractivity contribution in [3.05, 3.63) is 30.5 Å². The molecule has 2 aromatic heterocycles. The maximum absolute atomic E-state index is 5.80. The van der Waals surface area contributed by atoms with E-state index in [-0.39, 0.29) is 0 Å². The van der Waals surface area contributed by atoms with Crippen molar-refractivity contribution in [1.29, 1.82) is 0 Å². The molecule has 0 amide bonds. The first-order valence-electron chi connectivity index (χ1n) is 6.53. The van der Waals surface area contributed by atoms with E-state index in [9.17, 15) is 0 Å². The number of benzene rings is 1. The van der Waals surface area contributed by atoms with Crippen molar-refractivity contribution in [2.24, 2.45) is 0 Å². The number of oxazole rings is 1. The summed E-state index contributed by atoms with van der Waals surface area (Å²) in [4.78, 5) is 8.95. The van der Waals surface area contributed by atoms with Crippen molar-refractivity contribution < 1.29 is 4.42 Å². The summed E-state index contributed by atoms with van der Waals surface area (Å²) in [6, 6.07) is 8.57. The van der Waals surface area contributed by atoms with E-state index in [4.69, 9.17) is 4.42 Å². The van der Waals surface area contributed by atoms with Crippen LogP contribution >= 0.6 is 11.7 Å². The third-order valence-electron chi connectivity index (χ3n) is 3.51. The van der Waals surface area contributed by atoms with Crippen LogP contribution < -0.4 is 9.80 Å². The highest BCUT2D eigenvalue weighted by Gasteiger charge is 2.22. The van der Waals surface area contributed by atoms with Gasteiger partial charge in [-0.1, -0.05) is 12.1 Å². The number of aromatic nitrogens is 3. The highest BCUT2D eigenvalue weighted by atomic mass is 32.1. The van der Waals surface area contributed by atoms with Gasteiger partial charge in [0.15, 0.2) is 11.4 Å². The van der Waals surface area contributed by atoms with Crippen molar-refractivity contribution >= 4 is 34.7 Å². The Morgan fingerprint density at radius 1 is 1.05 bits per heavy atom. The minimum absolute atomic E-state index is 0.710. The van der Waals surface area contributed by atoms with Gasteiger partial charge < -0.3 is 14.2 Å². The van der Waals surface area contributed by atoms with E-state index in [1.807, 2.05) is 30.5 Å². The molecule has 0 spiro atoms. The third kappa shape index (κ3) is 2.00. The van der Waals surface area contributed by atoms with E-state index in [1.54, 1.807) is 0 Å². The zero-order chi connectivity index (χ0) is 13.4. The van der Waals surface area contributed by atoms with Crippen LogP contribution in [0.1, 0.15) is 0 Å². The number of hydrogen-bond acceptors (Lipinski definition) is 7. The molecular formula is C13H13N5OS. The lowest BCUT2D eigenvalue weighted by Gasteiger charge is -2.33. The summed E-state index contributed by atoms with van der Waals surface area (Å²) in [7, 11) is 0. The summed E-state index contributed by atoms with van der Waals surface area (Å²) in [5.41, 5.74) is 1.75. The zero-order valence-corrected chi connectivity index (χ0v) is 11.6. The highest BCUT2D eigenvalue weighted by Crippen LogP contribution is 2.23. The lowest BCUT2D eigenvalue weighted by molar-refractivity contribution is 0.541. The predicted octanol–water partition coefficient (Wildman–Crippen LogP) is 2.01. The number of para-hydroxylation sites is 2. The maximum atomic E-state index is 5.80. The molecule has 1 fully saturated rings. The number of hydrogen-bond donors (Lipinski definition) is 0. The zero-order valence-electron chi connectivity index (χ0n) is 10.8. The van der Waals surface area contributed by atoms with Crippen LogP contribution in [0.2, 0.25) is 0 Å². The minimum Gasteiger partial charge on any atom is -0.423 e. The summed E-state index contributed by atoms with van der Waals surface area (Å²) in [5.74, 6) is 0.965. The van der Waals surface area contributed by atoms with Crippen LogP contribution in [0, 0.1) is 0 Å². The average Bonchev–Trinajstić information content (AvgIpc) is 3.17. The highest BCUT2D eigenvalue weighted by molar-refractivity contribution is 6.99. The Hall–Kier alpha value is -2.15. The van der Waals surface area contributed by atoms with Gasteiger partial charge in [-0.15, -0.1) is 0 Å². The van der Waals surface area contributed by atoms with Crippen LogP contribution in [0.25, 0.3) is 11.1 Å². The Bertz CT molecular complexity index is 669. The Morgan fingerprint density at radius 2 is 1.85 bits per heavy atom. The largest absolute Gasteiger partial charge is 0.423 e. The molecule has 1 aliphatic heterocycles. The van der Waals surface area contributed by atoms with Crippen LogP contribution in [-0.2, 0) is 0 Å².